The number of aryl methyl sites for hydroxylation is 1. The summed E-state index contributed by atoms with van der Waals surface area (Å²) in [7, 11) is -3.64. The molecule has 1 aromatic rings. The van der Waals surface area contributed by atoms with Gasteiger partial charge < -0.3 is 10.2 Å². The van der Waals surface area contributed by atoms with Crippen LogP contribution < -0.4 is 0 Å². The lowest BCUT2D eigenvalue weighted by Crippen LogP contribution is -2.49. The maximum absolute atomic E-state index is 12.5. The summed E-state index contributed by atoms with van der Waals surface area (Å²) in [6, 6.07) is 1.42. The largest absolute Gasteiger partial charge is 0.477 e. The number of sulfonamides is 1. The fourth-order valence-corrected chi connectivity index (χ4v) is 5.21. The number of carboxylic acid groups (broad SMARTS) is 1. The van der Waals surface area contributed by atoms with Crippen molar-refractivity contribution in [3.8, 4) is 0 Å². The second kappa shape index (κ2) is 6.41. The Kier molecular flexibility index (Phi) is 4.99. The number of hydrogen-bond donors (Lipinski definition) is 2. The minimum absolute atomic E-state index is 0.0544. The van der Waals surface area contributed by atoms with E-state index >= 15 is 0 Å². The predicted molar refractivity (Wildman–Crippen MR) is 78.3 cm³/mol. The third-order valence-corrected chi connectivity index (χ3v) is 7.00. The summed E-state index contributed by atoms with van der Waals surface area (Å²) in [5.74, 6) is -1.10. The predicted octanol–water partition coefficient (Wildman–Crippen LogP) is 0.0533. The normalized spacial score (nSPS) is 18.0. The minimum Gasteiger partial charge on any atom is -0.477 e. The Hall–Kier alpha value is -1.00. The Labute approximate surface area is 127 Å². The van der Waals surface area contributed by atoms with E-state index in [9.17, 15) is 13.2 Å². The van der Waals surface area contributed by atoms with Gasteiger partial charge in [0.05, 0.1) is 6.61 Å². The summed E-state index contributed by atoms with van der Waals surface area (Å²) in [5.41, 5.74) is 0.463. The van der Waals surface area contributed by atoms with Crippen molar-refractivity contribution >= 4 is 27.3 Å². The van der Waals surface area contributed by atoms with Gasteiger partial charge in [0.2, 0.25) is 0 Å². The standard InChI is InChI=1S/C12H18N2O5S2/c1-9-8-10(20-11(9)12(16)17)21(18,19)14-4-2-13(3-5-14)6-7-15/h8,15H,2-7H2,1H3,(H,16,17). The third-order valence-electron chi connectivity index (χ3n) is 3.43. The number of aliphatic hydroxyl groups is 1. The van der Waals surface area contributed by atoms with Gasteiger partial charge in [-0.25, -0.2) is 13.2 Å². The third kappa shape index (κ3) is 3.43. The molecule has 1 aromatic heterocycles. The zero-order valence-electron chi connectivity index (χ0n) is 11.7. The molecule has 0 aliphatic carbocycles. The topological polar surface area (TPSA) is 98.2 Å². The highest BCUT2D eigenvalue weighted by atomic mass is 32.2. The summed E-state index contributed by atoms with van der Waals surface area (Å²) >= 11 is 0.796. The van der Waals surface area contributed by atoms with Crippen LogP contribution in [-0.2, 0) is 10.0 Å². The van der Waals surface area contributed by atoms with Crippen LogP contribution in [0, 0.1) is 6.92 Å². The number of aromatic carboxylic acids is 1. The lowest BCUT2D eigenvalue weighted by Gasteiger charge is -2.33. The van der Waals surface area contributed by atoms with Gasteiger partial charge in [0.1, 0.15) is 9.09 Å². The summed E-state index contributed by atoms with van der Waals surface area (Å²) < 4.78 is 26.5. The summed E-state index contributed by atoms with van der Waals surface area (Å²) in [5, 5.41) is 17.9. The molecule has 0 atom stereocenters. The molecule has 7 nitrogen and oxygen atoms in total. The number of aliphatic hydroxyl groups excluding tert-OH is 1. The monoisotopic (exact) mass is 334 g/mol. The Morgan fingerprint density at radius 3 is 2.43 bits per heavy atom. The van der Waals surface area contributed by atoms with Crippen LogP contribution in [0.3, 0.4) is 0 Å². The number of rotatable bonds is 5. The van der Waals surface area contributed by atoms with Gasteiger partial charge in [0.15, 0.2) is 0 Å². The van der Waals surface area contributed by atoms with Crippen LogP contribution in [0.15, 0.2) is 10.3 Å². The molecule has 0 amide bonds. The zero-order chi connectivity index (χ0) is 15.6. The van der Waals surface area contributed by atoms with E-state index in [0.717, 1.165) is 11.3 Å². The number of carbonyl (C=O) groups is 1. The lowest BCUT2D eigenvalue weighted by molar-refractivity contribution is 0.0701. The Morgan fingerprint density at radius 1 is 1.33 bits per heavy atom. The van der Waals surface area contributed by atoms with Crippen LogP contribution in [0.5, 0.6) is 0 Å². The summed E-state index contributed by atoms with van der Waals surface area (Å²) in [6.45, 7) is 4.02. The minimum atomic E-state index is -3.64. The number of nitrogens with zero attached hydrogens (tertiary/aromatic N) is 2. The highest BCUT2D eigenvalue weighted by Crippen LogP contribution is 2.29. The molecule has 2 N–H and O–H groups in total. The highest BCUT2D eigenvalue weighted by Gasteiger charge is 2.30. The van der Waals surface area contributed by atoms with E-state index in [2.05, 4.69) is 0 Å². The number of β-amino-alcohol motifs (C(OH)–C–C–N with tert-alkyl or cyclic N) is 1. The average molecular weight is 334 g/mol. The average Bonchev–Trinajstić information content (AvgIpc) is 2.83. The van der Waals surface area contributed by atoms with Crippen molar-refractivity contribution in [3.05, 3.63) is 16.5 Å². The van der Waals surface area contributed by atoms with E-state index < -0.39 is 16.0 Å². The van der Waals surface area contributed by atoms with Gasteiger partial charge in [-0.2, -0.15) is 4.31 Å². The van der Waals surface area contributed by atoms with Gasteiger partial charge in [-0.1, -0.05) is 0 Å². The van der Waals surface area contributed by atoms with Crippen molar-refractivity contribution in [2.75, 3.05) is 39.3 Å². The molecular weight excluding hydrogens is 316 g/mol. The molecule has 2 rings (SSSR count). The Bertz CT molecular complexity index is 618. The molecule has 1 saturated heterocycles. The van der Waals surface area contributed by atoms with E-state index in [1.54, 1.807) is 6.92 Å². The van der Waals surface area contributed by atoms with Gasteiger partial charge in [0.25, 0.3) is 10.0 Å². The SMILES string of the molecule is Cc1cc(S(=O)(=O)N2CCN(CCO)CC2)sc1C(=O)O. The molecule has 1 aliphatic rings. The van der Waals surface area contributed by atoms with Gasteiger partial charge in [-0.15, -0.1) is 11.3 Å². The van der Waals surface area contributed by atoms with Crippen molar-refractivity contribution in [3.63, 3.8) is 0 Å². The van der Waals surface area contributed by atoms with Crippen LogP contribution in [0.25, 0.3) is 0 Å². The van der Waals surface area contributed by atoms with E-state index in [1.165, 1.54) is 10.4 Å². The van der Waals surface area contributed by atoms with Gasteiger partial charge in [0, 0.05) is 32.7 Å². The van der Waals surface area contributed by atoms with E-state index in [-0.39, 0.29) is 15.7 Å². The molecule has 9 heteroatoms. The molecule has 0 bridgehead atoms. The van der Waals surface area contributed by atoms with Crippen LogP contribution >= 0.6 is 11.3 Å². The lowest BCUT2D eigenvalue weighted by atomic mass is 10.3. The number of hydrogen-bond acceptors (Lipinski definition) is 6. The van der Waals surface area contributed by atoms with Crippen LogP contribution in [0.1, 0.15) is 15.2 Å². The number of carboxylic acids is 1. The van der Waals surface area contributed by atoms with Crippen LogP contribution in [0.2, 0.25) is 0 Å². The fraction of sp³-hybridized carbons (Fsp3) is 0.583. The van der Waals surface area contributed by atoms with Gasteiger partial charge in [-0.3, -0.25) is 4.90 Å². The van der Waals surface area contributed by atoms with E-state index in [1.807, 2.05) is 4.90 Å². The van der Waals surface area contributed by atoms with E-state index in [4.69, 9.17) is 10.2 Å². The summed E-state index contributed by atoms with van der Waals surface area (Å²) in [6.07, 6.45) is 0. The second-order valence-corrected chi connectivity index (χ2v) is 8.07. The van der Waals surface area contributed by atoms with Crippen LogP contribution in [-0.4, -0.2) is 73.1 Å². The van der Waals surface area contributed by atoms with Crippen molar-refractivity contribution in [1.29, 1.82) is 0 Å². The van der Waals surface area contributed by atoms with Gasteiger partial charge in [-0.05, 0) is 18.6 Å². The molecule has 0 aromatic carbocycles. The Morgan fingerprint density at radius 2 is 1.95 bits per heavy atom. The molecule has 2 heterocycles. The molecule has 118 valence electrons. The van der Waals surface area contributed by atoms with E-state index in [0.29, 0.717) is 38.3 Å². The Balaban J connectivity index is 2.16. The molecule has 0 spiro atoms. The van der Waals surface area contributed by atoms with Crippen molar-refractivity contribution in [1.82, 2.24) is 9.21 Å². The first-order valence-electron chi connectivity index (χ1n) is 6.53. The molecule has 1 fully saturated rings. The molecule has 0 unspecified atom stereocenters. The highest BCUT2D eigenvalue weighted by molar-refractivity contribution is 7.91. The first kappa shape index (κ1) is 16.4. The quantitative estimate of drug-likeness (QED) is 0.790. The molecule has 21 heavy (non-hydrogen) atoms. The first-order chi connectivity index (χ1) is 9.86. The maximum atomic E-state index is 12.5. The second-order valence-electron chi connectivity index (χ2n) is 4.85. The smallest absolute Gasteiger partial charge is 0.346 e. The maximum Gasteiger partial charge on any atom is 0.346 e. The number of thiophene rings is 1. The molecule has 1 aliphatic heterocycles. The van der Waals surface area contributed by atoms with Gasteiger partial charge >= 0.3 is 5.97 Å². The van der Waals surface area contributed by atoms with Crippen molar-refractivity contribution in [2.45, 2.75) is 11.1 Å². The first-order valence-corrected chi connectivity index (χ1v) is 8.79. The van der Waals surface area contributed by atoms with Crippen LogP contribution in [0.4, 0.5) is 0 Å². The molecule has 0 saturated carbocycles. The number of piperazine rings is 1. The zero-order valence-corrected chi connectivity index (χ0v) is 13.3. The molecule has 0 radical (unpaired) electrons. The summed E-state index contributed by atoms with van der Waals surface area (Å²) in [4.78, 5) is 13.1. The fourth-order valence-electron chi connectivity index (χ4n) is 2.25. The molecular formula is C12H18N2O5S2. The van der Waals surface area contributed by atoms with Crippen molar-refractivity contribution in [2.24, 2.45) is 0 Å². The van der Waals surface area contributed by atoms with Crippen molar-refractivity contribution < 1.29 is 23.4 Å².